The molecule has 70 valence electrons. The molecule has 1 amide bonds. The van der Waals surface area contributed by atoms with Crippen LogP contribution in [0.2, 0.25) is 0 Å². The summed E-state index contributed by atoms with van der Waals surface area (Å²) < 4.78 is 5.16. The molecule has 0 spiro atoms. The Kier molecular flexibility index (Phi) is 3.49. The zero-order valence-electron chi connectivity index (χ0n) is 7.32. The Labute approximate surface area is 72.1 Å². The first-order chi connectivity index (χ1) is 5.75. The predicted octanol–water partition coefficient (Wildman–Crippen LogP) is -0.384. The Morgan fingerprint density at radius 2 is 2.17 bits per heavy atom. The van der Waals surface area contributed by atoms with E-state index in [1.54, 1.807) is 11.9 Å². The molecule has 1 N–H and O–H groups in total. The third kappa shape index (κ3) is 2.19. The first-order valence-corrected chi connectivity index (χ1v) is 4.20. The van der Waals surface area contributed by atoms with Crippen molar-refractivity contribution in [3.05, 3.63) is 0 Å². The SMILES string of the molecule is CN(C(=O)CO)C1CCOCC1. The van der Waals surface area contributed by atoms with Gasteiger partial charge in [0.25, 0.3) is 0 Å². The van der Waals surface area contributed by atoms with Crippen molar-refractivity contribution in [3.8, 4) is 0 Å². The van der Waals surface area contributed by atoms with E-state index < -0.39 is 6.61 Å². The van der Waals surface area contributed by atoms with Gasteiger partial charge in [0.2, 0.25) is 5.91 Å². The second-order valence-corrected chi connectivity index (χ2v) is 3.01. The van der Waals surface area contributed by atoms with Gasteiger partial charge in [0.15, 0.2) is 0 Å². The molecular weight excluding hydrogens is 158 g/mol. The highest BCUT2D eigenvalue weighted by Gasteiger charge is 2.21. The second-order valence-electron chi connectivity index (χ2n) is 3.01. The molecule has 1 saturated heterocycles. The van der Waals surface area contributed by atoms with E-state index in [9.17, 15) is 4.79 Å². The van der Waals surface area contributed by atoms with E-state index in [1.807, 2.05) is 0 Å². The molecule has 0 aromatic heterocycles. The molecule has 1 aliphatic rings. The number of ether oxygens (including phenoxy) is 1. The van der Waals surface area contributed by atoms with Crippen molar-refractivity contribution in [3.63, 3.8) is 0 Å². The van der Waals surface area contributed by atoms with Crippen molar-refractivity contribution in [2.75, 3.05) is 26.9 Å². The van der Waals surface area contributed by atoms with Crippen LogP contribution in [-0.4, -0.2) is 48.8 Å². The summed E-state index contributed by atoms with van der Waals surface area (Å²) in [5.74, 6) is -0.207. The number of hydrogen-bond donors (Lipinski definition) is 1. The van der Waals surface area contributed by atoms with Crippen molar-refractivity contribution in [2.45, 2.75) is 18.9 Å². The standard InChI is InChI=1S/C8H15NO3/c1-9(8(11)6-10)7-2-4-12-5-3-7/h7,10H,2-6H2,1H3. The Morgan fingerprint density at radius 1 is 1.58 bits per heavy atom. The summed E-state index contributed by atoms with van der Waals surface area (Å²) in [4.78, 5) is 12.7. The van der Waals surface area contributed by atoms with E-state index in [1.165, 1.54) is 0 Å². The van der Waals surface area contributed by atoms with Crippen LogP contribution in [0.5, 0.6) is 0 Å². The molecule has 1 heterocycles. The number of aliphatic hydroxyl groups excluding tert-OH is 1. The molecule has 0 radical (unpaired) electrons. The minimum atomic E-state index is -0.395. The fourth-order valence-electron chi connectivity index (χ4n) is 1.39. The van der Waals surface area contributed by atoms with Crippen molar-refractivity contribution >= 4 is 5.91 Å². The highest BCUT2D eigenvalue weighted by molar-refractivity contribution is 5.77. The number of nitrogens with zero attached hydrogens (tertiary/aromatic N) is 1. The van der Waals surface area contributed by atoms with Gasteiger partial charge in [-0.1, -0.05) is 0 Å². The topological polar surface area (TPSA) is 49.8 Å². The summed E-state index contributed by atoms with van der Waals surface area (Å²) in [5, 5.41) is 8.61. The molecular formula is C8H15NO3. The van der Waals surface area contributed by atoms with Crippen LogP contribution in [0.3, 0.4) is 0 Å². The van der Waals surface area contributed by atoms with Gasteiger partial charge in [-0.05, 0) is 12.8 Å². The van der Waals surface area contributed by atoms with Gasteiger partial charge in [-0.2, -0.15) is 0 Å². The van der Waals surface area contributed by atoms with Gasteiger partial charge in [-0.3, -0.25) is 4.79 Å². The van der Waals surface area contributed by atoms with E-state index in [4.69, 9.17) is 9.84 Å². The number of amides is 1. The zero-order valence-corrected chi connectivity index (χ0v) is 7.32. The molecule has 0 unspecified atom stereocenters. The Morgan fingerprint density at radius 3 is 2.67 bits per heavy atom. The lowest BCUT2D eigenvalue weighted by Crippen LogP contribution is -2.41. The molecule has 4 heteroatoms. The summed E-state index contributed by atoms with van der Waals surface area (Å²) in [6, 6.07) is 0.249. The van der Waals surface area contributed by atoms with E-state index in [0.29, 0.717) is 13.2 Å². The number of rotatable bonds is 2. The number of hydrogen-bond acceptors (Lipinski definition) is 3. The maximum Gasteiger partial charge on any atom is 0.248 e. The molecule has 0 saturated carbocycles. The molecule has 0 atom stereocenters. The lowest BCUT2D eigenvalue weighted by atomic mass is 10.1. The number of aliphatic hydroxyl groups is 1. The van der Waals surface area contributed by atoms with Crippen LogP contribution in [0.4, 0.5) is 0 Å². The fourth-order valence-corrected chi connectivity index (χ4v) is 1.39. The minimum Gasteiger partial charge on any atom is -0.387 e. The van der Waals surface area contributed by atoms with E-state index in [-0.39, 0.29) is 11.9 Å². The number of carbonyl (C=O) groups is 1. The molecule has 0 aromatic rings. The molecule has 1 rings (SSSR count). The summed E-state index contributed by atoms with van der Waals surface area (Å²) in [6.07, 6.45) is 1.75. The monoisotopic (exact) mass is 173 g/mol. The first kappa shape index (κ1) is 9.48. The lowest BCUT2D eigenvalue weighted by Gasteiger charge is -2.30. The van der Waals surface area contributed by atoms with Crippen LogP contribution in [0.15, 0.2) is 0 Å². The molecule has 0 aliphatic carbocycles. The summed E-state index contributed by atoms with van der Waals surface area (Å²) in [5.41, 5.74) is 0. The summed E-state index contributed by atoms with van der Waals surface area (Å²) in [7, 11) is 1.73. The third-order valence-corrected chi connectivity index (χ3v) is 2.27. The van der Waals surface area contributed by atoms with Gasteiger partial charge >= 0.3 is 0 Å². The highest BCUT2D eigenvalue weighted by atomic mass is 16.5. The number of likely N-dealkylation sites (N-methyl/N-ethyl adjacent to an activating group) is 1. The van der Waals surface area contributed by atoms with Crippen molar-refractivity contribution in [2.24, 2.45) is 0 Å². The van der Waals surface area contributed by atoms with Gasteiger partial charge in [0, 0.05) is 26.3 Å². The van der Waals surface area contributed by atoms with Gasteiger partial charge < -0.3 is 14.7 Å². The molecule has 1 aliphatic heterocycles. The van der Waals surface area contributed by atoms with Crippen LogP contribution in [0.1, 0.15) is 12.8 Å². The maximum absolute atomic E-state index is 11.0. The quantitative estimate of drug-likeness (QED) is 0.619. The Hall–Kier alpha value is -0.610. The van der Waals surface area contributed by atoms with Crippen LogP contribution in [0.25, 0.3) is 0 Å². The average molecular weight is 173 g/mol. The molecule has 12 heavy (non-hydrogen) atoms. The minimum absolute atomic E-state index is 0.207. The van der Waals surface area contributed by atoms with Gasteiger partial charge in [-0.25, -0.2) is 0 Å². The maximum atomic E-state index is 11.0. The van der Waals surface area contributed by atoms with Gasteiger partial charge in [-0.15, -0.1) is 0 Å². The lowest BCUT2D eigenvalue weighted by molar-refractivity contribution is -0.136. The van der Waals surface area contributed by atoms with Crippen LogP contribution >= 0.6 is 0 Å². The van der Waals surface area contributed by atoms with E-state index in [2.05, 4.69) is 0 Å². The predicted molar refractivity (Wildman–Crippen MR) is 43.7 cm³/mol. The molecule has 0 bridgehead atoms. The summed E-state index contributed by atoms with van der Waals surface area (Å²) in [6.45, 7) is 1.04. The van der Waals surface area contributed by atoms with E-state index >= 15 is 0 Å². The molecule has 1 fully saturated rings. The second kappa shape index (κ2) is 4.42. The molecule has 0 aromatic carbocycles. The van der Waals surface area contributed by atoms with Gasteiger partial charge in [0.05, 0.1) is 0 Å². The summed E-state index contributed by atoms with van der Waals surface area (Å²) >= 11 is 0. The highest BCUT2D eigenvalue weighted by Crippen LogP contribution is 2.12. The van der Waals surface area contributed by atoms with Crippen molar-refractivity contribution in [1.29, 1.82) is 0 Å². The fraction of sp³-hybridized carbons (Fsp3) is 0.875. The smallest absolute Gasteiger partial charge is 0.248 e. The van der Waals surface area contributed by atoms with Gasteiger partial charge in [0.1, 0.15) is 6.61 Å². The first-order valence-electron chi connectivity index (χ1n) is 4.20. The van der Waals surface area contributed by atoms with Crippen molar-refractivity contribution in [1.82, 2.24) is 4.90 Å². The Balaban J connectivity index is 2.39. The largest absolute Gasteiger partial charge is 0.387 e. The van der Waals surface area contributed by atoms with Crippen molar-refractivity contribution < 1.29 is 14.6 Å². The van der Waals surface area contributed by atoms with Crippen LogP contribution < -0.4 is 0 Å². The van der Waals surface area contributed by atoms with Crippen LogP contribution in [0, 0.1) is 0 Å². The van der Waals surface area contributed by atoms with E-state index in [0.717, 1.165) is 12.8 Å². The Bertz CT molecular complexity index is 154. The van der Waals surface area contributed by atoms with Crippen LogP contribution in [-0.2, 0) is 9.53 Å². The number of carbonyl (C=O) groups excluding carboxylic acids is 1. The zero-order chi connectivity index (χ0) is 8.97. The average Bonchev–Trinajstić information content (AvgIpc) is 2.17. The normalized spacial score (nSPS) is 19.2. The third-order valence-electron chi connectivity index (χ3n) is 2.27. The molecule has 4 nitrogen and oxygen atoms in total.